The first-order chi connectivity index (χ1) is 9.76. The summed E-state index contributed by atoms with van der Waals surface area (Å²) in [5.74, 6) is -1.06. The number of fused-ring (bicyclic) bond motifs is 1. The monoisotopic (exact) mass is 302 g/mol. The highest BCUT2D eigenvalue weighted by Gasteiger charge is 2.28. The summed E-state index contributed by atoms with van der Waals surface area (Å²) >= 11 is 0. The van der Waals surface area contributed by atoms with E-state index in [2.05, 4.69) is 5.32 Å². The van der Waals surface area contributed by atoms with Crippen LogP contribution in [0.5, 0.6) is 0 Å². The minimum atomic E-state index is -4.31. The number of alkyl halides is 3. The Hall–Kier alpha value is -2.25. The lowest BCUT2D eigenvalue weighted by atomic mass is 10.1. The molecule has 0 fully saturated rings. The summed E-state index contributed by atoms with van der Waals surface area (Å²) in [7, 11) is 0. The second kappa shape index (κ2) is 5.63. The van der Waals surface area contributed by atoms with Gasteiger partial charge in [0.2, 0.25) is 0 Å². The SMILES string of the molecule is O=C(O)c1ccc2c(c1)CN(C(=O)NCCC(F)(F)F)C2. The summed E-state index contributed by atoms with van der Waals surface area (Å²) < 4.78 is 36.0. The first-order valence-electron chi connectivity index (χ1n) is 6.21. The highest BCUT2D eigenvalue weighted by Crippen LogP contribution is 2.24. The number of benzene rings is 1. The van der Waals surface area contributed by atoms with Gasteiger partial charge in [-0.2, -0.15) is 13.2 Å². The average molecular weight is 302 g/mol. The maximum Gasteiger partial charge on any atom is 0.390 e. The number of rotatable bonds is 3. The molecule has 0 unspecified atom stereocenters. The first kappa shape index (κ1) is 15.1. The number of carbonyl (C=O) groups excluding carboxylic acids is 1. The number of hydrogen-bond donors (Lipinski definition) is 2. The van der Waals surface area contributed by atoms with E-state index in [-0.39, 0.29) is 18.7 Å². The van der Waals surface area contributed by atoms with E-state index in [4.69, 9.17) is 5.11 Å². The third-order valence-electron chi connectivity index (χ3n) is 3.15. The number of nitrogens with one attached hydrogen (secondary N) is 1. The van der Waals surface area contributed by atoms with Crippen LogP contribution in [-0.4, -0.2) is 34.7 Å². The zero-order valence-corrected chi connectivity index (χ0v) is 10.9. The number of urea groups is 1. The normalized spacial score (nSPS) is 14.0. The first-order valence-corrected chi connectivity index (χ1v) is 6.21. The van der Waals surface area contributed by atoms with Crippen LogP contribution in [0, 0.1) is 0 Å². The van der Waals surface area contributed by atoms with Crippen molar-refractivity contribution >= 4 is 12.0 Å². The molecule has 1 aromatic carbocycles. The molecule has 2 rings (SSSR count). The Labute approximate surface area is 118 Å². The summed E-state index contributed by atoms with van der Waals surface area (Å²) in [4.78, 5) is 23.9. The molecule has 114 valence electrons. The van der Waals surface area contributed by atoms with Crippen LogP contribution in [0.2, 0.25) is 0 Å². The molecule has 1 aliphatic heterocycles. The second-order valence-corrected chi connectivity index (χ2v) is 4.74. The van der Waals surface area contributed by atoms with E-state index in [0.717, 1.165) is 5.56 Å². The van der Waals surface area contributed by atoms with Crippen LogP contribution in [0.1, 0.15) is 27.9 Å². The van der Waals surface area contributed by atoms with Crippen LogP contribution in [-0.2, 0) is 13.1 Å². The van der Waals surface area contributed by atoms with Crippen LogP contribution in [0.3, 0.4) is 0 Å². The van der Waals surface area contributed by atoms with Gasteiger partial charge < -0.3 is 15.3 Å². The maximum absolute atomic E-state index is 12.0. The topological polar surface area (TPSA) is 69.6 Å². The standard InChI is InChI=1S/C13H13F3N2O3/c14-13(15,16)3-4-17-12(21)18-6-9-2-1-8(11(19)20)5-10(9)7-18/h1-2,5H,3-4,6-7H2,(H,17,21)(H,19,20). The third-order valence-corrected chi connectivity index (χ3v) is 3.15. The number of hydrogen-bond acceptors (Lipinski definition) is 2. The predicted molar refractivity (Wildman–Crippen MR) is 66.7 cm³/mol. The highest BCUT2D eigenvalue weighted by molar-refractivity contribution is 5.88. The van der Waals surface area contributed by atoms with Crippen molar-refractivity contribution in [3.63, 3.8) is 0 Å². The third kappa shape index (κ3) is 3.87. The van der Waals surface area contributed by atoms with E-state index >= 15 is 0 Å². The molecule has 8 heteroatoms. The van der Waals surface area contributed by atoms with Crippen LogP contribution in [0.25, 0.3) is 0 Å². The van der Waals surface area contributed by atoms with Crippen LogP contribution < -0.4 is 5.32 Å². The summed E-state index contributed by atoms with van der Waals surface area (Å²) in [6, 6.07) is 3.93. The van der Waals surface area contributed by atoms with Gasteiger partial charge in [-0.15, -0.1) is 0 Å². The molecule has 2 amide bonds. The quantitative estimate of drug-likeness (QED) is 0.900. The van der Waals surface area contributed by atoms with Crippen molar-refractivity contribution in [1.82, 2.24) is 10.2 Å². The van der Waals surface area contributed by atoms with Crippen LogP contribution in [0.4, 0.5) is 18.0 Å². The van der Waals surface area contributed by atoms with E-state index in [9.17, 15) is 22.8 Å². The Balaban J connectivity index is 1.93. The molecule has 1 aliphatic rings. The Morgan fingerprint density at radius 1 is 1.24 bits per heavy atom. The maximum atomic E-state index is 12.0. The number of aromatic carboxylic acids is 1. The second-order valence-electron chi connectivity index (χ2n) is 4.74. The molecule has 0 saturated carbocycles. The molecular formula is C13H13F3N2O3. The predicted octanol–water partition coefficient (Wildman–Crippen LogP) is 2.36. The fourth-order valence-corrected chi connectivity index (χ4v) is 2.09. The molecule has 0 radical (unpaired) electrons. The smallest absolute Gasteiger partial charge is 0.390 e. The van der Waals surface area contributed by atoms with Crippen molar-refractivity contribution in [2.24, 2.45) is 0 Å². The van der Waals surface area contributed by atoms with Gasteiger partial charge >= 0.3 is 18.2 Å². The summed E-state index contributed by atoms with van der Waals surface area (Å²) in [5.41, 5.74) is 1.61. The van der Waals surface area contributed by atoms with Gasteiger partial charge in [-0.1, -0.05) is 6.07 Å². The largest absolute Gasteiger partial charge is 0.478 e. The van der Waals surface area contributed by atoms with Crippen molar-refractivity contribution in [2.75, 3.05) is 6.54 Å². The van der Waals surface area contributed by atoms with Crippen molar-refractivity contribution < 1.29 is 27.9 Å². The van der Waals surface area contributed by atoms with Gasteiger partial charge in [0, 0.05) is 19.6 Å². The average Bonchev–Trinajstić information content (AvgIpc) is 2.79. The number of carbonyl (C=O) groups is 2. The van der Waals surface area contributed by atoms with Crippen molar-refractivity contribution in [1.29, 1.82) is 0 Å². The molecule has 21 heavy (non-hydrogen) atoms. The minimum absolute atomic E-state index is 0.119. The van der Waals surface area contributed by atoms with E-state index < -0.39 is 31.1 Å². The highest BCUT2D eigenvalue weighted by atomic mass is 19.4. The molecule has 5 nitrogen and oxygen atoms in total. The van der Waals surface area contributed by atoms with Gasteiger partial charge in [-0.3, -0.25) is 0 Å². The van der Waals surface area contributed by atoms with E-state index in [0.29, 0.717) is 5.56 Å². The number of carboxylic acid groups (broad SMARTS) is 1. The number of nitrogens with zero attached hydrogens (tertiary/aromatic N) is 1. The van der Waals surface area contributed by atoms with Gasteiger partial charge in [-0.25, -0.2) is 9.59 Å². The lowest BCUT2D eigenvalue weighted by molar-refractivity contribution is -0.133. The molecule has 0 spiro atoms. The van der Waals surface area contributed by atoms with Gasteiger partial charge in [0.15, 0.2) is 0 Å². The zero-order valence-electron chi connectivity index (χ0n) is 10.9. The lowest BCUT2D eigenvalue weighted by Gasteiger charge is -2.16. The molecule has 0 atom stereocenters. The molecule has 2 N–H and O–H groups in total. The Kier molecular flexibility index (Phi) is 4.06. The van der Waals surface area contributed by atoms with E-state index in [1.54, 1.807) is 6.07 Å². The lowest BCUT2D eigenvalue weighted by Crippen LogP contribution is -2.38. The van der Waals surface area contributed by atoms with Crippen molar-refractivity contribution in [2.45, 2.75) is 25.7 Å². The van der Waals surface area contributed by atoms with Gasteiger partial charge in [0.1, 0.15) is 0 Å². The number of carboxylic acids is 1. The molecular weight excluding hydrogens is 289 g/mol. The fourth-order valence-electron chi connectivity index (χ4n) is 2.09. The van der Waals surface area contributed by atoms with Crippen LogP contribution in [0.15, 0.2) is 18.2 Å². The molecule has 1 heterocycles. The van der Waals surface area contributed by atoms with E-state index in [1.807, 2.05) is 0 Å². The summed E-state index contributed by atoms with van der Waals surface area (Å²) in [6.07, 6.45) is -5.39. The molecule has 1 aromatic rings. The van der Waals surface area contributed by atoms with Crippen LogP contribution >= 0.6 is 0 Å². The Morgan fingerprint density at radius 3 is 2.52 bits per heavy atom. The van der Waals surface area contributed by atoms with Gasteiger partial charge in [0.05, 0.1) is 12.0 Å². The summed E-state index contributed by atoms with van der Waals surface area (Å²) in [6.45, 7) is -0.0308. The Morgan fingerprint density at radius 2 is 1.90 bits per heavy atom. The van der Waals surface area contributed by atoms with Crippen molar-refractivity contribution in [3.05, 3.63) is 34.9 Å². The van der Waals surface area contributed by atoms with Gasteiger partial charge in [-0.05, 0) is 23.3 Å². The fraction of sp³-hybridized carbons (Fsp3) is 0.385. The summed E-state index contributed by atoms with van der Waals surface area (Å²) in [5, 5.41) is 11.1. The minimum Gasteiger partial charge on any atom is -0.478 e. The molecule has 0 saturated heterocycles. The Bertz CT molecular complexity index is 572. The van der Waals surface area contributed by atoms with Gasteiger partial charge in [0.25, 0.3) is 0 Å². The number of halogens is 3. The molecule has 0 aromatic heterocycles. The molecule has 0 bridgehead atoms. The van der Waals surface area contributed by atoms with Crippen molar-refractivity contribution in [3.8, 4) is 0 Å². The number of amides is 2. The van der Waals surface area contributed by atoms with E-state index in [1.165, 1.54) is 17.0 Å². The molecule has 0 aliphatic carbocycles. The zero-order chi connectivity index (χ0) is 15.6.